The predicted molar refractivity (Wildman–Crippen MR) is 88.4 cm³/mol. The van der Waals surface area contributed by atoms with Crippen molar-refractivity contribution < 1.29 is 33.6 Å². The molecule has 0 aromatic carbocycles. The van der Waals surface area contributed by atoms with Gasteiger partial charge in [-0.05, 0) is 19.9 Å². The van der Waals surface area contributed by atoms with E-state index in [0.29, 0.717) is 24.1 Å². The van der Waals surface area contributed by atoms with Gasteiger partial charge >= 0.3 is 11.9 Å². The molecular weight excluding hydrogens is 342 g/mol. The summed E-state index contributed by atoms with van der Waals surface area (Å²) in [6.07, 6.45) is 3.35. The van der Waals surface area contributed by atoms with E-state index in [1.165, 1.54) is 0 Å². The number of aliphatic hydroxyl groups is 1. The minimum atomic E-state index is -1.33. The second-order valence-corrected chi connectivity index (χ2v) is 7.67. The lowest BCUT2D eigenvalue weighted by molar-refractivity contribution is -0.877. The lowest BCUT2D eigenvalue weighted by atomic mass is 9.88. The summed E-state index contributed by atoms with van der Waals surface area (Å²) in [5.41, 5.74) is -1.52. The van der Waals surface area contributed by atoms with E-state index < -0.39 is 46.5 Å². The quantitative estimate of drug-likeness (QED) is 0.178. The average Bonchev–Trinajstić information content (AvgIpc) is 2.89. The molecule has 0 amide bonds. The number of rotatable bonds is 1. The number of nitrogens with zero attached hydrogens (tertiary/aromatic N) is 1. The molecule has 4 aliphatic rings. The molecule has 4 heterocycles. The Labute approximate surface area is 151 Å². The van der Waals surface area contributed by atoms with Gasteiger partial charge in [0.05, 0.1) is 19.7 Å². The number of hydroxylamine groups is 3. The zero-order chi connectivity index (χ0) is 18.7. The van der Waals surface area contributed by atoms with Crippen molar-refractivity contribution in [3.05, 3.63) is 28.5 Å². The minimum absolute atomic E-state index is 0.0310. The van der Waals surface area contributed by atoms with Crippen molar-refractivity contribution in [2.75, 3.05) is 26.3 Å². The molecule has 5 atom stereocenters. The summed E-state index contributed by atoms with van der Waals surface area (Å²) in [5, 5.41) is 22.7. The summed E-state index contributed by atoms with van der Waals surface area (Å²) in [6.45, 7) is 3.44. The molecule has 0 aliphatic carbocycles. The second kappa shape index (κ2) is 5.63. The van der Waals surface area contributed by atoms with Crippen LogP contribution in [-0.4, -0.2) is 71.3 Å². The lowest BCUT2D eigenvalue weighted by Crippen LogP contribution is -2.48. The third-order valence-electron chi connectivity index (χ3n) is 6.28. The van der Waals surface area contributed by atoms with Crippen LogP contribution in [0.15, 0.2) is 23.3 Å². The van der Waals surface area contributed by atoms with Crippen molar-refractivity contribution in [1.82, 2.24) is 0 Å². The first-order chi connectivity index (χ1) is 12.3. The largest absolute Gasteiger partial charge is 0.632 e. The van der Waals surface area contributed by atoms with Crippen molar-refractivity contribution >= 4 is 11.9 Å². The summed E-state index contributed by atoms with van der Waals surface area (Å²) in [7, 11) is 0. The van der Waals surface area contributed by atoms with E-state index in [1.54, 1.807) is 26.0 Å². The Balaban J connectivity index is 1.69. The van der Waals surface area contributed by atoms with Crippen molar-refractivity contribution in [2.45, 2.75) is 50.0 Å². The number of cyclic esters (lactones) is 1. The highest BCUT2D eigenvalue weighted by Crippen LogP contribution is 2.53. The number of fused-ring (bicyclic) bond motifs is 1. The Morgan fingerprint density at radius 1 is 1.46 bits per heavy atom. The molecule has 8 heteroatoms. The molecule has 4 aliphatic heterocycles. The van der Waals surface area contributed by atoms with Crippen LogP contribution in [0, 0.1) is 5.21 Å². The summed E-state index contributed by atoms with van der Waals surface area (Å²) < 4.78 is 16.2. The van der Waals surface area contributed by atoms with Gasteiger partial charge in [0.1, 0.15) is 12.2 Å². The third kappa shape index (κ3) is 2.29. The SMILES string of the molecule is C/C=C1/CC2(CO)O[C@@]2(C)C(=O)OCC2=CC[N+]3([O-])CC[C@@H](OC1=O)[C@@H]23. The van der Waals surface area contributed by atoms with E-state index in [0.717, 1.165) is 0 Å². The van der Waals surface area contributed by atoms with Gasteiger partial charge in [-0.1, -0.05) is 6.08 Å². The Hall–Kier alpha value is -1.74. The van der Waals surface area contributed by atoms with Crippen LogP contribution in [0.2, 0.25) is 0 Å². The Bertz CT molecular complexity index is 731. The summed E-state index contributed by atoms with van der Waals surface area (Å²) in [4.78, 5) is 25.3. The summed E-state index contributed by atoms with van der Waals surface area (Å²) >= 11 is 0. The van der Waals surface area contributed by atoms with Gasteiger partial charge in [0.25, 0.3) is 0 Å². The van der Waals surface area contributed by atoms with Crippen molar-refractivity contribution in [3.8, 4) is 0 Å². The van der Waals surface area contributed by atoms with E-state index in [2.05, 4.69) is 0 Å². The van der Waals surface area contributed by atoms with Gasteiger partial charge < -0.3 is 29.2 Å². The van der Waals surface area contributed by atoms with E-state index >= 15 is 0 Å². The first-order valence-electron chi connectivity index (χ1n) is 8.90. The van der Waals surface area contributed by atoms with E-state index in [-0.39, 0.29) is 19.6 Å². The highest BCUT2D eigenvalue weighted by molar-refractivity contribution is 5.90. The van der Waals surface area contributed by atoms with Gasteiger partial charge in [0.15, 0.2) is 17.7 Å². The Morgan fingerprint density at radius 3 is 2.92 bits per heavy atom. The number of hydrogen-bond donors (Lipinski definition) is 1. The monoisotopic (exact) mass is 365 g/mol. The fourth-order valence-electron chi connectivity index (χ4n) is 4.49. The van der Waals surface area contributed by atoms with Crippen LogP contribution in [0.5, 0.6) is 0 Å². The number of epoxide rings is 1. The number of carbonyl (C=O) groups is 2. The number of carbonyl (C=O) groups excluding carboxylic acids is 2. The Morgan fingerprint density at radius 2 is 2.23 bits per heavy atom. The van der Waals surface area contributed by atoms with Crippen molar-refractivity contribution in [1.29, 1.82) is 0 Å². The van der Waals surface area contributed by atoms with Gasteiger partial charge in [-0.15, -0.1) is 0 Å². The first kappa shape index (κ1) is 17.7. The minimum Gasteiger partial charge on any atom is -0.632 e. The highest BCUT2D eigenvalue weighted by Gasteiger charge is 2.73. The molecule has 3 fully saturated rings. The standard InChI is InChI=1S/C18H23NO7/c1-3-11-8-18(10-20)17(2,26-18)16(22)24-9-12-4-6-19(23)7-5-13(14(12)19)25-15(11)21/h3-4,13-14,20H,5-10H2,1-2H3/b11-3-/t13-,14-,17+,18?,19?/m1/s1. The maximum absolute atomic E-state index is 12.9. The third-order valence-corrected chi connectivity index (χ3v) is 6.28. The van der Waals surface area contributed by atoms with Crippen LogP contribution < -0.4 is 0 Å². The highest BCUT2D eigenvalue weighted by atomic mass is 16.7. The fourth-order valence-corrected chi connectivity index (χ4v) is 4.49. The molecule has 8 nitrogen and oxygen atoms in total. The average molecular weight is 365 g/mol. The first-order valence-corrected chi connectivity index (χ1v) is 8.90. The van der Waals surface area contributed by atoms with E-state index in [1.807, 2.05) is 0 Å². The van der Waals surface area contributed by atoms with Crippen LogP contribution >= 0.6 is 0 Å². The van der Waals surface area contributed by atoms with Crippen LogP contribution in [0.1, 0.15) is 26.7 Å². The molecule has 0 aromatic heterocycles. The number of quaternary nitrogens is 1. The maximum atomic E-state index is 12.9. The van der Waals surface area contributed by atoms with E-state index in [4.69, 9.17) is 14.2 Å². The van der Waals surface area contributed by atoms with Gasteiger partial charge in [-0.2, -0.15) is 0 Å². The molecule has 0 aromatic rings. The maximum Gasteiger partial charge on any atom is 0.341 e. The van der Waals surface area contributed by atoms with Gasteiger partial charge in [0, 0.05) is 24.0 Å². The molecule has 142 valence electrons. The normalized spacial score (nSPS) is 46.5. The predicted octanol–water partition coefficient (Wildman–Crippen LogP) is 0.338. The molecule has 3 saturated heterocycles. The van der Waals surface area contributed by atoms with Gasteiger partial charge in [0.2, 0.25) is 0 Å². The number of hydrogen-bond acceptors (Lipinski definition) is 7. The van der Waals surface area contributed by atoms with Crippen LogP contribution in [-0.2, 0) is 23.8 Å². The van der Waals surface area contributed by atoms with Gasteiger partial charge in [-0.3, -0.25) is 0 Å². The number of esters is 2. The second-order valence-electron chi connectivity index (χ2n) is 7.67. The molecule has 0 saturated carbocycles. The molecule has 0 radical (unpaired) electrons. The molecular formula is C18H23NO7. The Kier molecular flexibility index (Phi) is 3.82. The molecule has 0 spiro atoms. The van der Waals surface area contributed by atoms with Crippen molar-refractivity contribution in [3.63, 3.8) is 0 Å². The smallest absolute Gasteiger partial charge is 0.341 e. The zero-order valence-corrected chi connectivity index (χ0v) is 14.9. The lowest BCUT2D eigenvalue weighted by Gasteiger charge is -2.40. The molecule has 4 rings (SSSR count). The molecule has 2 unspecified atom stereocenters. The number of aliphatic hydroxyl groups excluding tert-OH is 1. The van der Waals surface area contributed by atoms with Crippen LogP contribution in [0.4, 0.5) is 0 Å². The summed E-state index contributed by atoms with van der Waals surface area (Å²) in [6, 6.07) is -0.528. The molecule has 1 N–H and O–H groups in total. The van der Waals surface area contributed by atoms with Crippen LogP contribution in [0.25, 0.3) is 0 Å². The van der Waals surface area contributed by atoms with Crippen molar-refractivity contribution in [2.24, 2.45) is 0 Å². The van der Waals surface area contributed by atoms with E-state index in [9.17, 15) is 19.9 Å². The number of allylic oxidation sites excluding steroid dienone is 1. The summed E-state index contributed by atoms with van der Waals surface area (Å²) in [5.74, 6) is -1.13. The topological polar surface area (TPSA) is 108 Å². The molecule has 0 bridgehead atoms. The molecule has 26 heavy (non-hydrogen) atoms. The number of ether oxygens (including phenoxy) is 3. The fraction of sp³-hybridized carbons (Fsp3) is 0.667. The van der Waals surface area contributed by atoms with Crippen LogP contribution in [0.3, 0.4) is 0 Å². The van der Waals surface area contributed by atoms with Gasteiger partial charge in [-0.25, -0.2) is 9.59 Å². The zero-order valence-electron chi connectivity index (χ0n) is 14.9.